The van der Waals surface area contributed by atoms with Gasteiger partial charge >= 0.3 is 0 Å². The van der Waals surface area contributed by atoms with Crippen LogP contribution in [-0.4, -0.2) is 38.8 Å². The minimum Gasteiger partial charge on any atom is -0.382 e. The molecule has 0 aliphatic heterocycles. The summed E-state index contributed by atoms with van der Waals surface area (Å²) in [5, 5.41) is 6.28. The van der Waals surface area contributed by atoms with E-state index >= 15 is 0 Å². The summed E-state index contributed by atoms with van der Waals surface area (Å²) >= 11 is 0. The zero-order chi connectivity index (χ0) is 16.2. The molecule has 0 heterocycles. The van der Waals surface area contributed by atoms with Crippen LogP contribution in [-0.2, 0) is 11.2 Å². The summed E-state index contributed by atoms with van der Waals surface area (Å²) in [5.41, 5.74) is 0.622. The van der Waals surface area contributed by atoms with Crippen molar-refractivity contribution in [2.45, 2.75) is 26.7 Å². The Hall–Kier alpha value is -0.960. The first-order valence-electron chi connectivity index (χ1n) is 7.70. The fraction of sp³-hybridized carbons (Fsp3) is 0.562. The molecule has 1 aromatic rings. The molecular formula is C16H26F2IN3O. The highest BCUT2D eigenvalue weighted by atomic mass is 127. The molecule has 0 atom stereocenters. The first-order valence-corrected chi connectivity index (χ1v) is 7.70. The van der Waals surface area contributed by atoms with Crippen molar-refractivity contribution in [3.63, 3.8) is 0 Å². The van der Waals surface area contributed by atoms with Crippen LogP contribution in [0.15, 0.2) is 23.2 Å². The average Bonchev–Trinajstić information content (AvgIpc) is 2.46. The number of guanidine groups is 1. The Balaban J connectivity index is 0.00000484. The van der Waals surface area contributed by atoms with Gasteiger partial charge < -0.3 is 15.4 Å². The number of aliphatic imine (C=N–C) groups is 1. The van der Waals surface area contributed by atoms with E-state index in [1.54, 1.807) is 0 Å². The average molecular weight is 441 g/mol. The maximum atomic E-state index is 13.1. The second-order valence-electron chi connectivity index (χ2n) is 4.77. The Morgan fingerprint density at radius 3 is 2.43 bits per heavy atom. The molecule has 132 valence electrons. The third-order valence-corrected chi connectivity index (χ3v) is 2.89. The van der Waals surface area contributed by atoms with Crippen LogP contribution < -0.4 is 10.6 Å². The molecule has 0 unspecified atom stereocenters. The highest BCUT2D eigenvalue weighted by Crippen LogP contribution is 2.07. The molecule has 0 fully saturated rings. The smallest absolute Gasteiger partial charge is 0.191 e. The number of benzene rings is 1. The lowest BCUT2D eigenvalue weighted by Gasteiger charge is -2.11. The molecule has 1 aromatic carbocycles. The molecule has 2 N–H and O–H groups in total. The van der Waals surface area contributed by atoms with Crippen LogP contribution in [0.4, 0.5) is 8.78 Å². The van der Waals surface area contributed by atoms with Gasteiger partial charge in [0.15, 0.2) is 5.96 Å². The summed E-state index contributed by atoms with van der Waals surface area (Å²) in [7, 11) is 0. The minimum atomic E-state index is -0.550. The van der Waals surface area contributed by atoms with Crippen LogP contribution in [0.5, 0.6) is 0 Å². The highest BCUT2D eigenvalue weighted by Gasteiger charge is 2.02. The zero-order valence-corrected chi connectivity index (χ0v) is 16.0. The van der Waals surface area contributed by atoms with E-state index in [1.165, 1.54) is 12.1 Å². The van der Waals surface area contributed by atoms with Gasteiger partial charge in [0.25, 0.3) is 0 Å². The molecule has 0 amide bonds. The van der Waals surface area contributed by atoms with Crippen LogP contribution in [0.25, 0.3) is 0 Å². The van der Waals surface area contributed by atoms with Gasteiger partial charge in [-0.15, -0.1) is 24.0 Å². The summed E-state index contributed by atoms with van der Waals surface area (Å²) in [6.07, 6.45) is 1.39. The fourth-order valence-electron chi connectivity index (χ4n) is 1.92. The van der Waals surface area contributed by atoms with Gasteiger partial charge in [0.05, 0.1) is 0 Å². The van der Waals surface area contributed by atoms with Gasteiger partial charge in [0.2, 0.25) is 0 Å². The van der Waals surface area contributed by atoms with Gasteiger partial charge in [-0.05, 0) is 44.4 Å². The molecular weight excluding hydrogens is 415 g/mol. The molecule has 0 saturated heterocycles. The van der Waals surface area contributed by atoms with Crippen molar-refractivity contribution in [3.8, 4) is 0 Å². The SMILES string of the molecule is CCNC(=NCCCOCC)NCCc1cc(F)cc(F)c1.I. The van der Waals surface area contributed by atoms with Gasteiger partial charge in [0.1, 0.15) is 11.6 Å². The lowest BCUT2D eigenvalue weighted by Crippen LogP contribution is -2.38. The number of halogens is 3. The number of nitrogens with zero attached hydrogens (tertiary/aromatic N) is 1. The molecule has 0 aromatic heterocycles. The molecule has 7 heteroatoms. The van der Waals surface area contributed by atoms with Crippen LogP contribution in [0.2, 0.25) is 0 Å². The molecule has 0 aliphatic rings. The largest absolute Gasteiger partial charge is 0.382 e. The molecule has 0 bridgehead atoms. The topological polar surface area (TPSA) is 45.7 Å². The monoisotopic (exact) mass is 441 g/mol. The first kappa shape index (κ1) is 22.0. The number of nitrogens with one attached hydrogen (secondary N) is 2. The van der Waals surface area contributed by atoms with E-state index in [1.807, 2.05) is 13.8 Å². The van der Waals surface area contributed by atoms with Gasteiger partial charge in [-0.25, -0.2) is 8.78 Å². The van der Waals surface area contributed by atoms with Gasteiger partial charge in [-0.2, -0.15) is 0 Å². The Kier molecular flexibility index (Phi) is 12.9. The van der Waals surface area contributed by atoms with Crippen LogP contribution in [0.1, 0.15) is 25.8 Å². The van der Waals surface area contributed by atoms with E-state index < -0.39 is 11.6 Å². The van der Waals surface area contributed by atoms with Crippen molar-refractivity contribution in [1.82, 2.24) is 10.6 Å². The highest BCUT2D eigenvalue weighted by molar-refractivity contribution is 14.0. The van der Waals surface area contributed by atoms with E-state index in [4.69, 9.17) is 4.74 Å². The normalized spacial score (nSPS) is 11.0. The quantitative estimate of drug-likeness (QED) is 0.268. The molecule has 0 spiro atoms. The number of hydrogen-bond donors (Lipinski definition) is 2. The van der Waals surface area contributed by atoms with Crippen molar-refractivity contribution in [1.29, 1.82) is 0 Å². The lowest BCUT2D eigenvalue weighted by molar-refractivity contribution is 0.146. The van der Waals surface area contributed by atoms with Crippen molar-refractivity contribution < 1.29 is 13.5 Å². The second kappa shape index (κ2) is 13.5. The minimum absolute atomic E-state index is 0. The zero-order valence-electron chi connectivity index (χ0n) is 13.7. The molecule has 0 saturated carbocycles. The van der Waals surface area contributed by atoms with E-state index in [9.17, 15) is 8.78 Å². The van der Waals surface area contributed by atoms with Crippen molar-refractivity contribution >= 4 is 29.9 Å². The molecule has 23 heavy (non-hydrogen) atoms. The standard InChI is InChI=1S/C16H25F2N3O.HI/c1-3-19-16(20-7-5-9-22-4-2)21-8-6-13-10-14(17)12-15(18)11-13;/h10-12H,3-9H2,1-2H3,(H2,19,20,21);1H. The number of hydrogen-bond acceptors (Lipinski definition) is 2. The third-order valence-electron chi connectivity index (χ3n) is 2.89. The van der Waals surface area contributed by atoms with Gasteiger partial charge in [-0.1, -0.05) is 0 Å². The van der Waals surface area contributed by atoms with E-state index in [0.29, 0.717) is 44.2 Å². The molecule has 1 rings (SSSR count). The Bertz CT molecular complexity index is 452. The van der Waals surface area contributed by atoms with Crippen molar-refractivity contribution in [3.05, 3.63) is 35.4 Å². The van der Waals surface area contributed by atoms with Crippen molar-refractivity contribution in [2.75, 3.05) is 32.8 Å². The Morgan fingerprint density at radius 1 is 1.13 bits per heavy atom. The number of rotatable bonds is 9. The number of ether oxygens (including phenoxy) is 1. The maximum Gasteiger partial charge on any atom is 0.191 e. The van der Waals surface area contributed by atoms with Gasteiger partial charge in [0, 0.05) is 38.9 Å². The lowest BCUT2D eigenvalue weighted by atomic mass is 10.1. The van der Waals surface area contributed by atoms with Crippen molar-refractivity contribution in [2.24, 2.45) is 4.99 Å². The maximum absolute atomic E-state index is 13.1. The predicted octanol–water partition coefficient (Wildman–Crippen LogP) is 3.11. The summed E-state index contributed by atoms with van der Waals surface area (Å²) in [6, 6.07) is 3.56. The molecule has 4 nitrogen and oxygen atoms in total. The van der Waals surface area contributed by atoms with E-state index in [2.05, 4.69) is 15.6 Å². The Morgan fingerprint density at radius 2 is 1.83 bits per heavy atom. The third kappa shape index (κ3) is 10.4. The fourth-order valence-corrected chi connectivity index (χ4v) is 1.92. The summed E-state index contributed by atoms with van der Waals surface area (Å²) in [4.78, 5) is 4.42. The van der Waals surface area contributed by atoms with E-state index in [0.717, 1.165) is 19.0 Å². The first-order chi connectivity index (χ1) is 10.7. The Labute approximate surface area is 154 Å². The van der Waals surface area contributed by atoms with Crippen LogP contribution in [0, 0.1) is 11.6 Å². The van der Waals surface area contributed by atoms with Gasteiger partial charge in [-0.3, -0.25) is 4.99 Å². The summed E-state index contributed by atoms with van der Waals surface area (Å²) in [6.45, 7) is 7.34. The van der Waals surface area contributed by atoms with Crippen LogP contribution in [0.3, 0.4) is 0 Å². The second-order valence-corrected chi connectivity index (χ2v) is 4.77. The molecule has 0 aliphatic carbocycles. The van der Waals surface area contributed by atoms with Crippen LogP contribution >= 0.6 is 24.0 Å². The summed E-state index contributed by atoms with van der Waals surface area (Å²) in [5.74, 6) is -0.395. The summed E-state index contributed by atoms with van der Waals surface area (Å²) < 4.78 is 31.4. The molecule has 0 radical (unpaired) electrons. The van der Waals surface area contributed by atoms with E-state index in [-0.39, 0.29) is 24.0 Å². The predicted molar refractivity (Wildman–Crippen MR) is 101 cm³/mol.